The van der Waals surface area contributed by atoms with Gasteiger partial charge in [-0.1, -0.05) is 34.8 Å². The van der Waals surface area contributed by atoms with Gasteiger partial charge in [0.05, 0.1) is 14.9 Å². The molecular formula is C7H2Cl3N5S. The summed E-state index contributed by atoms with van der Waals surface area (Å²) in [5.74, 6) is -0.505. The summed E-state index contributed by atoms with van der Waals surface area (Å²) in [6, 6.07) is 0. The molecule has 5 nitrogen and oxygen atoms in total. The van der Waals surface area contributed by atoms with E-state index in [2.05, 4.69) is 15.2 Å². The Bertz CT molecular complexity index is 555. The number of nitrogens with two attached hydrogens (primary N) is 1. The van der Waals surface area contributed by atoms with Crippen LogP contribution < -0.4 is 11.5 Å². The molecule has 2 aromatic rings. The topological polar surface area (TPSA) is 87.0 Å². The molecule has 0 spiro atoms. The first kappa shape index (κ1) is 11.7. The Morgan fingerprint density at radius 2 is 1.81 bits per heavy atom. The number of thiophene rings is 1. The van der Waals surface area contributed by atoms with Crippen LogP contribution in [0.5, 0.6) is 0 Å². The van der Waals surface area contributed by atoms with Crippen molar-refractivity contribution in [2.45, 2.75) is 0 Å². The Hall–Kier alpha value is -0.820. The molecule has 16 heavy (non-hydrogen) atoms. The lowest BCUT2D eigenvalue weighted by atomic mass is 10.3. The van der Waals surface area contributed by atoms with Crippen molar-refractivity contribution in [3.05, 3.63) is 14.4 Å². The number of rotatable bonds is 1. The van der Waals surface area contributed by atoms with E-state index in [9.17, 15) is 0 Å². The third-order valence-corrected chi connectivity index (χ3v) is 4.25. The highest BCUT2D eigenvalue weighted by Crippen LogP contribution is 2.46. The number of halogens is 3. The minimum Gasteiger partial charge on any atom is -0.382 e. The molecule has 2 radical (unpaired) electrons. The maximum atomic E-state index is 8.97. The van der Waals surface area contributed by atoms with Crippen molar-refractivity contribution in [1.82, 2.24) is 20.9 Å². The highest BCUT2D eigenvalue weighted by atomic mass is 35.5. The molecule has 0 bridgehead atoms. The molecule has 0 aliphatic carbocycles. The molecule has 0 aromatic carbocycles. The molecule has 0 unspecified atom stereocenters. The van der Waals surface area contributed by atoms with E-state index in [4.69, 9.17) is 46.3 Å². The molecule has 0 aliphatic rings. The number of nitrogens with zero attached hydrogens (tertiary/aromatic N) is 4. The van der Waals surface area contributed by atoms with E-state index < -0.39 is 5.95 Å². The van der Waals surface area contributed by atoms with Crippen LogP contribution in [0, 0.1) is 0 Å². The van der Waals surface area contributed by atoms with Gasteiger partial charge >= 0.3 is 0 Å². The smallest absolute Gasteiger partial charge is 0.289 e. The zero-order valence-electron chi connectivity index (χ0n) is 7.41. The van der Waals surface area contributed by atoms with Crippen LogP contribution in [0.4, 0.5) is 11.8 Å². The van der Waals surface area contributed by atoms with Gasteiger partial charge in [-0.05, 0) is 0 Å². The number of nitrogen functional groups attached to an aromatic ring is 1. The van der Waals surface area contributed by atoms with Crippen LogP contribution in [0.2, 0.25) is 14.4 Å². The lowest BCUT2D eigenvalue weighted by Gasteiger charge is -2.00. The fourth-order valence-corrected chi connectivity index (χ4v) is 2.81. The van der Waals surface area contributed by atoms with Crippen molar-refractivity contribution < 1.29 is 0 Å². The summed E-state index contributed by atoms with van der Waals surface area (Å²) in [5, 5.41) is 7.53. The second-order valence-corrected chi connectivity index (χ2v) is 5.06. The van der Waals surface area contributed by atoms with Gasteiger partial charge in [-0.3, -0.25) is 0 Å². The van der Waals surface area contributed by atoms with Crippen LogP contribution in [-0.4, -0.2) is 15.2 Å². The zero-order chi connectivity index (χ0) is 11.9. The summed E-state index contributed by atoms with van der Waals surface area (Å²) in [7, 11) is 0. The van der Waals surface area contributed by atoms with Crippen molar-refractivity contribution in [2.24, 2.45) is 0 Å². The highest BCUT2D eigenvalue weighted by Gasteiger charge is 2.19. The predicted molar refractivity (Wildman–Crippen MR) is 64.4 cm³/mol. The molecule has 0 aliphatic heterocycles. The summed E-state index contributed by atoms with van der Waals surface area (Å²) in [6.45, 7) is 0. The van der Waals surface area contributed by atoms with Crippen molar-refractivity contribution in [2.75, 3.05) is 5.73 Å². The Kier molecular flexibility index (Phi) is 3.07. The van der Waals surface area contributed by atoms with E-state index in [1.54, 1.807) is 0 Å². The predicted octanol–water partition coefficient (Wildman–Crippen LogP) is 2.84. The maximum absolute atomic E-state index is 8.97. The van der Waals surface area contributed by atoms with Crippen molar-refractivity contribution in [1.29, 1.82) is 0 Å². The van der Waals surface area contributed by atoms with E-state index in [0.29, 0.717) is 9.21 Å². The minimum absolute atomic E-state index is 0.00369. The first-order valence-corrected chi connectivity index (χ1v) is 5.78. The molecule has 2 rings (SSSR count). The first-order valence-electron chi connectivity index (χ1n) is 3.83. The molecule has 0 saturated carbocycles. The minimum atomic E-state index is -0.508. The average Bonchev–Trinajstić information content (AvgIpc) is 2.46. The Balaban J connectivity index is 2.63. The number of hydrogen-bond donors (Lipinski definition) is 1. The Morgan fingerprint density at radius 3 is 2.31 bits per heavy atom. The quantitative estimate of drug-likeness (QED) is 0.876. The molecule has 9 heteroatoms. The third-order valence-electron chi connectivity index (χ3n) is 1.67. The van der Waals surface area contributed by atoms with Gasteiger partial charge in [-0.2, -0.15) is 4.98 Å². The monoisotopic (exact) mass is 293 g/mol. The largest absolute Gasteiger partial charge is 0.382 e. The molecule has 0 saturated heterocycles. The first-order chi connectivity index (χ1) is 7.50. The van der Waals surface area contributed by atoms with E-state index in [0.717, 1.165) is 11.3 Å². The summed E-state index contributed by atoms with van der Waals surface area (Å²) < 4.78 is 0.330. The molecule has 2 aromatic heterocycles. The van der Waals surface area contributed by atoms with Gasteiger partial charge in [0.2, 0.25) is 0 Å². The molecule has 0 amide bonds. The average molecular weight is 295 g/mol. The van der Waals surface area contributed by atoms with Gasteiger partial charge in [0, 0.05) is 0 Å². The second-order valence-electron chi connectivity index (χ2n) is 2.68. The maximum Gasteiger partial charge on any atom is 0.289 e. The highest BCUT2D eigenvalue weighted by molar-refractivity contribution is 7.20. The summed E-state index contributed by atoms with van der Waals surface area (Å²) in [6.07, 6.45) is 0. The van der Waals surface area contributed by atoms with Crippen LogP contribution in [-0.2, 0) is 0 Å². The van der Waals surface area contributed by atoms with Gasteiger partial charge in [0.15, 0.2) is 5.82 Å². The molecule has 0 atom stereocenters. The Labute approximate surface area is 109 Å². The molecule has 82 valence electrons. The number of anilines is 1. The normalized spacial score (nSPS) is 10.7. The summed E-state index contributed by atoms with van der Waals surface area (Å²) >= 11 is 18.7. The van der Waals surface area contributed by atoms with Crippen LogP contribution in [0.1, 0.15) is 0 Å². The van der Waals surface area contributed by atoms with Crippen LogP contribution >= 0.6 is 46.1 Å². The summed E-state index contributed by atoms with van der Waals surface area (Å²) in [4.78, 5) is 4.02. The van der Waals surface area contributed by atoms with Crippen molar-refractivity contribution in [3.8, 4) is 10.6 Å². The van der Waals surface area contributed by atoms with Gasteiger partial charge in [0.25, 0.3) is 5.95 Å². The van der Waals surface area contributed by atoms with E-state index in [1.165, 1.54) is 0 Å². The molecule has 2 heterocycles. The van der Waals surface area contributed by atoms with Crippen molar-refractivity contribution in [3.63, 3.8) is 0 Å². The lowest BCUT2D eigenvalue weighted by Crippen LogP contribution is -1.99. The molecular weight excluding hydrogens is 293 g/mol. The third kappa shape index (κ3) is 1.89. The number of hydrogen-bond acceptors (Lipinski definition) is 5. The fourth-order valence-electron chi connectivity index (χ4n) is 1.01. The summed E-state index contributed by atoms with van der Waals surface area (Å²) in [5.41, 5.74) is 14.8. The molecule has 0 fully saturated rings. The van der Waals surface area contributed by atoms with Gasteiger partial charge in [0.1, 0.15) is 10.0 Å². The van der Waals surface area contributed by atoms with Crippen molar-refractivity contribution >= 4 is 57.9 Å². The van der Waals surface area contributed by atoms with Gasteiger partial charge in [-0.15, -0.1) is 27.3 Å². The molecule has 2 N–H and O–H groups in total. The van der Waals surface area contributed by atoms with Crippen LogP contribution in [0.3, 0.4) is 0 Å². The van der Waals surface area contributed by atoms with E-state index in [1.807, 2.05) is 0 Å². The SMILES string of the molecule is [N]c1nnc(-c2sc(Cl)c(Cl)c2Cl)c(N)n1. The van der Waals surface area contributed by atoms with Gasteiger partial charge < -0.3 is 5.73 Å². The Morgan fingerprint density at radius 1 is 1.12 bits per heavy atom. The van der Waals surface area contributed by atoms with Crippen LogP contribution in [0.15, 0.2) is 0 Å². The van der Waals surface area contributed by atoms with Gasteiger partial charge in [-0.25, -0.2) is 0 Å². The number of aromatic nitrogens is 3. The standard InChI is InChI=1S/C7H2Cl3N5S/c8-1-2(9)5(10)16-4(1)3-6(11)13-7(12)15-14-3/h(H2,11,13,15). The van der Waals surface area contributed by atoms with E-state index >= 15 is 0 Å². The zero-order valence-corrected chi connectivity index (χ0v) is 10.5. The fraction of sp³-hybridized carbons (Fsp3) is 0. The second kappa shape index (κ2) is 4.21. The van der Waals surface area contributed by atoms with E-state index in [-0.39, 0.29) is 21.6 Å². The lowest BCUT2D eigenvalue weighted by molar-refractivity contribution is 0.970. The van der Waals surface area contributed by atoms with Crippen LogP contribution in [0.25, 0.3) is 10.6 Å².